The van der Waals surface area contributed by atoms with E-state index >= 15 is 0 Å². The quantitative estimate of drug-likeness (QED) is 0.830. The van der Waals surface area contributed by atoms with Gasteiger partial charge in [-0.3, -0.25) is 9.69 Å². The molecular formula is C15H23N3O3. The van der Waals surface area contributed by atoms with Gasteiger partial charge in [-0.2, -0.15) is 0 Å². The Morgan fingerprint density at radius 3 is 2.95 bits per heavy atom. The van der Waals surface area contributed by atoms with Crippen molar-refractivity contribution in [2.45, 2.75) is 38.6 Å². The van der Waals surface area contributed by atoms with Crippen LogP contribution in [0.3, 0.4) is 0 Å². The molecule has 1 aliphatic carbocycles. The molecule has 0 bridgehead atoms. The fourth-order valence-electron chi connectivity index (χ4n) is 2.80. The van der Waals surface area contributed by atoms with Crippen molar-refractivity contribution in [2.75, 3.05) is 31.6 Å². The first kappa shape index (κ1) is 14.5. The van der Waals surface area contributed by atoms with E-state index in [0.717, 1.165) is 32.7 Å². The molecule has 2 heterocycles. The number of hydrogen-bond acceptors (Lipinski definition) is 5. The van der Waals surface area contributed by atoms with Crippen LogP contribution in [0, 0.1) is 12.8 Å². The summed E-state index contributed by atoms with van der Waals surface area (Å²) in [5.41, 5.74) is 0. The molecule has 21 heavy (non-hydrogen) atoms. The molecule has 0 aromatic carbocycles. The second-order valence-corrected chi connectivity index (χ2v) is 6.08. The first-order valence-corrected chi connectivity index (χ1v) is 7.75. The van der Waals surface area contributed by atoms with E-state index in [4.69, 9.17) is 9.26 Å². The molecular weight excluding hydrogens is 270 g/mol. The maximum absolute atomic E-state index is 12.0. The molecule has 116 valence electrons. The maximum atomic E-state index is 12.0. The Labute approximate surface area is 124 Å². The zero-order valence-electron chi connectivity index (χ0n) is 12.5. The van der Waals surface area contributed by atoms with E-state index in [1.54, 1.807) is 13.0 Å². The minimum absolute atomic E-state index is 0.00313. The van der Waals surface area contributed by atoms with Crippen molar-refractivity contribution in [2.24, 2.45) is 5.92 Å². The SMILES string of the molecule is Cc1cc(NC(=O)CCN(C[C@H]2CCOC2)C2CC2)no1. The molecule has 1 saturated carbocycles. The van der Waals surface area contributed by atoms with Gasteiger partial charge in [0.15, 0.2) is 5.82 Å². The van der Waals surface area contributed by atoms with Gasteiger partial charge in [-0.1, -0.05) is 5.16 Å². The Balaban J connectivity index is 1.43. The fraction of sp³-hybridized carbons (Fsp3) is 0.733. The zero-order valence-corrected chi connectivity index (χ0v) is 12.5. The molecule has 0 unspecified atom stereocenters. The number of amides is 1. The third-order valence-corrected chi connectivity index (χ3v) is 4.10. The zero-order chi connectivity index (χ0) is 14.7. The Morgan fingerprint density at radius 2 is 2.33 bits per heavy atom. The van der Waals surface area contributed by atoms with Gasteiger partial charge in [-0.15, -0.1) is 0 Å². The highest BCUT2D eigenvalue weighted by Crippen LogP contribution is 2.29. The van der Waals surface area contributed by atoms with Crippen molar-refractivity contribution in [3.63, 3.8) is 0 Å². The topological polar surface area (TPSA) is 67.6 Å². The van der Waals surface area contributed by atoms with Gasteiger partial charge in [-0.05, 0) is 32.1 Å². The van der Waals surface area contributed by atoms with Crippen molar-refractivity contribution in [1.82, 2.24) is 10.1 Å². The number of nitrogens with zero attached hydrogens (tertiary/aromatic N) is 2. The fourth-order valence-corrected chi connectivity index (χ4v) is 2.80. The van der Waals surface area contributed by atoms with Crippen LogP contribution in [0.4, 0.5) is 5.82 Å². The van der Waals surface area contributed by atoms with Crippen molar-refractivity contribution >= 4 is 11.7 Å². The number of ether oxygens (including phenoxy) is 1. The number of nitrogens with one attached hydrogen (secondary N) is 1. The third-order valence-electron chi connectivity index (χ3n) is 4.10. The molecule has 1 aromatic rings. The smallest absolute Gasteiger partial charge is 0.226 e. The first-order chi connectivity index (χ1) is 10.2. The van der Waals surface area contributed by atoms with E-state index in [9.17, 15) is 4.79 Å². The van der Waals surface area contributed by atoms with Crippen LogP contribution in [0.1, 0.15) is 31.4 Å². The van der Waals surface area contributed by atoms with E-state index in [-0.39, 0.29) is 5.91 Å². The molecule has 1 atom stereocenters. The molecule has 3 rings (SSSR count). The van der Waals surface area contributed by atoms with Crippen LogP contribution in [0.15, 0.2) is 10.6 Å². The Kier molecular flexibility index (Phi) is 4.55. The average molecular weight is 293 g/mol. The molecule has 6 nitrogen and oxygen atoms in total. The number of aromatic nitrogens is 1. The second kappa shape index (κ2) is 6.58. The number of carbonyl (C=O) groups is 1. The number of hydrogen-bond donors (Lipinski definition) is 1. The van der Waals surface area contributed by atoms with Crippen LogP contribution in [0.2, 0.25) is 0 Å². The number of carbonyl (C=O) groups excluding carboxylic acids is 1. The van der Waals surface area contributed by atoms with Crippen LogP contribution in [-0.4, -0.2) is 48.3 Å². The van der Waals surface area contributed by atoms with E-state index in [1.165, 1.54) is 12.8 Å². The van der Waals surface area contributed by atoms with Crippen molar-refractivity contribution in [3.05, 3.63) is 11.8 Å². The average Bonchev–Trinajstić information content (AvgIpc) is 3.03. The lowest BCUT2D eigenvalue weighted by molar-refractivity contribution is -0.116. The monoisotopic (exact) mass is 293 g/mol. The van der Waals surface area contributed by atoms with Gasteiger partial charge >= 0.3 is 0 Å². The second-order valence-electron chi connectivity index (χ2n) is 6.08. The van der Waals surface area contributed by atoms with E-state index in [2.05, 4.69) is 15.4 Å². The molecule has 1 amide bonds. The van der Waals surface area contributed by atoms with Crippen molar-refractivity contribution in [1.29, 1.82) is 0 Å². The lowest BCUT2D eigenvalue weighted by Gasteiger charge is -2.24. The summed E-state index contributed by atoms with van der Waals surface area (Å²) in [5, 5.41) is 6.55. The number of aryl methyl sites for hydroxylation is 1. The van der Waals surface area contributed by atoms with Crippen LogP contribution in [-0.2, 0) is 9.53 Å². The summed E-state index contributed by atoms with van der Waals surface area (Å²) < 4.78 is 10.4. The summed E-state index contributed by atoms with van der Waals surface area (Å²) in [6.07, 6.45) is 4.17. The third kappa shape index (κ3) is 4.28. The standard InChI is InChI=1S/C15H23N3O3/c1-11-8-14(17-21-11)16-15(19)4-6-18(13-2-3-13)9-12-5-7-20-10-12/h8,12-13H,2-7,9-10H2,1H3,(H,16,17,19)/t12-/m1/s1. The van der Waals surface area contributed by atoms with Crippen LogP contribution < -0.4 is 5.32 Å². The number of rotatable bonds is 7. The van der Waals surface area contributed by atoms with Gasteiger partial charge < -0.3 is 14.6 Å². The van der Waals surface area contributed by atoms with Gasteiger partial charge in [0.05, 0.1) is 6.61 Å². The van der Waals surface area contributed by atoms with Crippen LogP contribution in [0.25, 0.3) is 0 Å². The summed E-state index contributed by atoms with van der Waals surface area (Å²) in [7, 11) is 0. The highest BCUT2D eigenvalue weighted by molar-refractivity contribution is 5.89. The predicted octanol–water partition coefficient (Wildman–Crippen LogP) is 1.81. The number of anilines is 1. The summed E-state index contributed by atoms with van der Waals surface area (Å²) >= 11 is 0. The highest BCUT2D eigenvalue weighted by atomic mass is 16.5. The highest BCUT2D eigenvalue weighted by Gasteiger charge is 2.31. The summed E-state index contributed by atoms with van der Waals surface area (Å²) in [6, 6.07) is 2.40. The van der Waals surface area contributed by atoms with Crippen LogP contribution >= 0.6 is 0 Å². The molecule has 6 heteroatoms. The van der Waals surface area contributed by atoms with Gasteiger partial charge in [0.2, 0.25) is 5.91 Å². The minimum atomic E-state index is -0.00313. The van der Waals surface area contributed by atoms with Crippen molar-refractivity contribution in [3.8, 4) is 0 Å². The Hall–Kier alpha value is -1.40. The largest absolute Gasteiger partial charge is 0.381 e. The Bertz CT molecular complexity index is 478. The van der Waals surface area contributed by atoms with E-state index < -0.39 is 0 Å². The van der Waals surface area contributed by atoms with Gasteiger partial charge in [-0.25, -0.2) is 0 Å². The molecule has 1 saturated heterocycles. The molecule has 1 aliphatic heterocycles. The molecule has 1 N–H and O–H groups in total. The maximum Gasteiger partial charge on any atom is 0.226 e. The molecule has 0 spiro atoms. The van der Waals surface area contributed by atoms with Crippen molar-refractivity contribution < 1.29 is 14.1 Å². The Morgan fingerprint density at radius 1 is 1.48 bits per heavy atom. The van der Waals surface area contributed by atoms with Crippen LogP contribution in [0.5, 0.6) is 0 Å². The molecule has 0 radical (unpaired) electrons. The minimum Gasteiger partial charge on any atom is -0.381 e. The summed E-state index contributed by atoms with van der Waals surface area (Å²) in [6.45, 7) is 5.43. The summed E-state index contributed by atoms with van der Waals surface area (Å²) in [5.74, 6) is 1.83. The van der Waals surface area contributed by atoms with Gasteiger partial charge in [0, 0.05) is 38.2 Å². The van der Waals surface area contributed by atoms with Gasteiger partial charge in [0.1, 0.15) is 5.76 Å². The normalized spacial score (nSPS) is 21.9. The molecule has 1 aromatic heterocycles. The van der Waals surface area contributed by atoms with E-state index in [0.29, 0.717) is 30.0 Å². The lowest BCUT2D eigenvalue weighted by atomic mass is 10.1. The molecule has 2 fully saturated rings. The predicted molar refractivity (Wildman–Crippen MR) is 78.0 cm³/mol. The molecule has 2 aliphatic rings. The first-order valence-electron chi connectivity index (χ1n) is 7.75. The van der Waals surface area contributed by atoms with Gasteiger partial charge in [0.25, 0.3) is 0 Å². The lowest BCUT2D eigenvalue weighted by Crippen LogP contribution is -2.34. The summed E-state index contributed by atoms with van der Waals surface area (Å²) in [4.78, 5) is 14.4. The van der Waals surface area contributed by atoms with E-state index in [1.807, 2.05) is 0 Å².